The van der Waals surface area contributed by atoms with Crippen LogP contribution in [0.5, 0.6) is 0 Å². The van der Waals surface area contributed by atoms with Crippen molar-refractivity contribution in [3.63, 3.8) is 0 Å². The number of rotatable bonds is 3. The monoisotopic (exact) mass is 165 g/mol. The Labute approximate surface area is 73.0 Å². The van der Waals surface area contributed by atoms with E-state index in [1.807, 2.05) is 17.8 Å². The zero-order valence-electron chi connectivity index (χ0n) is 6.79. The third-order valence-electron chi connectivity index (χ3n) is 1.72. The molecule has 1 heteroatoms. The molecule has 59 valence electrons. The molecule has 1 atom stereocenters. The molecule has 1 aromatic carbocycles. The lowest BCUT2D eigenvalue weighted by Crippen LogP contribution is -1.89. The Kier molecular flexibility index (Phi) is 3.50. The predicted octanol–water partition coefficient (Wildman–Crippen LogP) is 3.31. The minimum Gasteiger partial charge on any atom is -0.157 e. The van der Waals surface area contributed by atoms with Crippen LogP contribution in [-0.4, -0.2) is 6.26 Å². The maximum absolute atomic E-state index is 3.91. The third kappa shape index (κ3) is 2.26. The lowest BCUT2D eigenvalue weighted by Gasteiger charge is -2.10. The van der Waals surface area contributed by atoms with Crippen molar-refractivity contribution in [3.8, 4) is 0 Å². The SMILES string of the molecule is [CH2]CC(SC)c1ccccc1. The Bertz CT molecular complexity index is 189. The summed E-state index contributed by atoms with van der Waals surface area (Å²) >= 11 is 1.86. The van der Waals surface area contributed by atoms with Gasteiger partial charge in [-0.25, -0.2) is 0 Å². The van der Waals surface area contributed by atoms with Crippen LogP contribution >= 0.6 is 11.8 Å². The molecule has 0 fully saturated rings. The van der Waals surface area contributed by atoms with Crippen molar-refractivity contribution < 1.29 is 0 Å². The molecule has 0 spiro atoms. The maximum Gasteiger partial charge on any atom is 0.0294 e. The van der Waals surface area contributed by atoms with Crippen molar-refractivity contribution >= 4 is 11.8 Å². The second kappa shape index (κ2) is 4.45. The van der Waals surface area contributed by atoms with Crippen molar-refractivity contribution in [2.24, 2.45) is 0 Å². The minimum absolute atomic E-state index is 0.566. The van der Waals surface area contributed by atoms with Gasteiger partial charge in [0, 0.05) is 5.25 Å². The van der Waals surface area contributed by atoms with Crippen LogP contribution < -0.4 is 0 Å². The second-order valence-electron chi connectivity index (χ2n) is 2.42. The van der Waals surface area contributed by atoms with Gasteiger partial charge in [-0.1, -0.05) is 37.3 Å². The number of hydrogen-bond donors (Lipinski definition) is 0. The molecule has 0 heterocycles. The summed E-state index contributed by atoms with van der Waals surface area (Å²) in [6.07, 6.45) is 3.09. The molecule has 0 N–H and O–H groups in total. The number of thioether (sulfide) groups is 1. The summed E-state index contributed by atoms with van der Waals surface area (Å²) in [4.78, 5) is 0. The highest BCUT2D eigenvalue weighted by Gasteiger charge is 2.04. The average Bonchev–Trinajstić information content (AvgIpc) is 2.09. The molecule has 0 aliphatic carbocycles. The lowest BCUT2D eigenvalue weighted by molar-refractivity contribution is 0.971. The molecule has 0 amide bonds. The van der Waals surface area contributed by atoms with E-state index in [1.54, 1.807) is 0 Å². The van der Waals surface area contributed by atoms with Crippen molar-refractivity contribution in [2.75, 3.05) is 6.26 Å². The Hall–Kier alpha value is -0.430. The Balaban J connectivity index is 2.74. The summed E-state index contributed by atoms with van der Waals surface area (Å²) in [5.74, 6) is 0. The van der Waals surface area contributed by atoms with Gasteiger partial charge in [-0.05, 0) is 18.2 Å². The van der Waals surface area contributed by atoms with Gasteiger partial charge >= 0.3 is 0 Å². The molecule has 1 unspecified atom stereocenters. The maximum atomic E-state index is 3.91. The molecule has 0 bridgehead atoms. The van der Waals surface area contributed by atoms with Crippen LogP contribution in [-0.2, 0) is 0 Å². The van der Waals surface area contributed by atoms with Gasteiger partial charge in [0.2, 0.25) is 0 Å². The lowest BCUT2D eigenvalue weighted by atomic mass is 10.1. The van der Waals surface area contributed by atoms with Crippen LogP contribution in [0.2, 0.25) is 0 Å². The first-order valence-corrected chi connectivity index (χ1v) is 5.04. The predicted molar refractivity (Wildman–Crippen MR) is 52.7 cm³/mol. The van der Waals surface area contributed by atoms with Crippen molar-refractivity contribution in [3.05, 3.63) is 42.8 Å². The molecule has 0 aliphatic rings. The average molecular weight is 165 g/mol. The van der Waals surface area contributed by atoms with Crippen molar-refractivity contribution in [1.82, 2.24) is 0 Å². The minimum atomic E-state index is 0.566. The fourth-order valence-electron chi connectivity index (χ4n) is 1.09. The summed E-state index contributed by atoms with van der Waals surface area (Å²) < 4.78 is 0. The van der Waals surface area contributed by atoms with E-state index in [9.17, 15) is 0 Å². The quantitative estimate of drug-likeness (QED) is 0.662. The van der Waals surface area contributed by atoms with Gasteiger partial charge in [0.25, 0.3) is 0 Å². The first-order valence-electron chi connectivity index (χ1n) is 3.75. The van der Waals surface area contributed by atoms with Crippen LogP contribution in [0.3, 0.4) is 0 Å². The highest BCUT2D eigenvalue weighted by Crippen LogP contribution is 2.28. The molecule has 1 rings (SSSR count). The van der Waals surface area contributed by atoms with E-state index >= 15 is 0 Å². The van der Waals surface area contributed by atoms with Gasteiger partial charge in [0.15, 0.2) is 0 Å². The molecule has 0 aliphatic heterocycles. The molecular formula is C10H13S. The Morgan fingerprint density at radius 1 is 1.36 bits per heavy atom. The molecule has 0 saturated heterocycles. The van der Waals surface area contributed by atoms with Crippen molar-refractivity contribution in [1.29, 1.82) is 0 Å². The van der Waals surface area contributed by atoms with Crippen LogP contribution in [0, 0.1) is 6.92 Å². The van der Waals surface area contributed by atoms with Gasteiger partial charge in [-0.2, -0.15) is 11.8 Å². The molecule has 0 saturated carbocycles. The highest BCUT2D eigenvalue weighted by atomic mass is 32.2. The zero-order chi connectivity index (χ0) is 8.10. The van der Waals surface area contributed by atoms with E-state index in [-0.39, 0.29) is 0 Å². The summed E-state index contributed by atoms with van der Waals surface area (Å²) in [7, 11) is 0. The van der Waals surface area contributed by atoms with E-state index in [2.05, 4.69) is 37.4 Å². The van der Waals surface area contributed by atoms with Crippen LogP contribution in [0.4, 0.5) is 0 Å². The largest absolute Gasteiger partial charge is 0.157 e. The molecule has 0 nitrogen and oxygen atoms in total. The second-order valence-corrected chi connectivity index (χ2v) is 3.46. The summed E-state index contributed by atoms with van der Waals surface area (Å²) in [6.45, 7) is 3.91. The zero-order valence-corrected chi connectivity index (χ0v) is 7.60. The molecule has 0 aromatic heterocycles. The van der Waals surface area contributed by atoms with Gasteiger partial charge in [0.1, 0.15) is 0 Å². The number of hydrogen-bond acceptors (Lipinski definition) is 1. The van der Waals surface area contributed by atoms with Crippen LogP contribution in [0.1, 0.15) is 17.2 Å². The topological polar surface area (TPSA) is 0 Å². The van der Waals surface area contributed by atoms with Gasteiger partial charge in [-0.15, -0.1) is 0 Å². The molecule has 1 aromatic rings. The van der Waals surface area contributed by atoms with E-state index in [4.69, 9.17) is 0 Å². The fraction of sp³-hybridized carbons (Fsp3) is 0.300. The van der Waals surface area contributed by atoms with Gasteiger partial charge in [0.05, 0.1) is 0 Å². The summed E-state index contributed by atoms with van der Waals surface area (Å²) in [5.41, 5.74) is 1.38. The normalized spacial score (nSPS) is 12.9. The molecule has 1 radical (unpaired) electrons. The van der Waals surface area contributed by atoms with E-state index in [0.717, 1.165) is 6.42 Å². The summed E-state index contributed by atoms with van der Waals surface area (Å²) in [5, 5.41) is 0.566. The van der Waals surface area contributed by atoms with E-state index in [1.165, 1.54) is 5.56 Å². The Morgan fingerprint density at radius 2 is 2.00 bits per heavy atom. The third-order valence-corrected chi connectivity index (χ3v) is 2.79. The first kappa shape index (κ1) is 8.66. The summed E-state index contributed by atoms with van der Waals surface area (Å²) in [6, 6.07) is 10.5. The van der Waals surface area contributed by atoms with Crippen LogP contribution in [0.25, 0.3) is 0 Å². The Morgan fingerprint density at radius 3 is 2.45 bits per heavy atom. The van der Waals surface area contributed by atoms with Gasteiger partial charge < -0.3 is 0 Å². The molecular weight excluding hydrogens is 152 g/mol. The molecule has 11 heavy (non-hydrogen) atoms. The smallest absolute Gasteiger partial charge is 0.0294 e. The van der Waals surface area contributed by atoms with Gasteiger partial charge in [-0.3, -0.25) is 0 Å². The van der Waals surface area contributed by atoms with Crippen LogP contribution in [0.15, 0.2) is 30.3 Å². The van der Waals surface area contributed by atoms with Crippen molar-refractivity contribution in [2.45, 2.75) is 11.7 Å². The van der Waals surface area contributed by atoms with E-state index in [0.29, 0.717) is 5.25 Å². The number of benzene rings is 1. The fourth-order valence-corrected chi connectivity index (χ4v) is 1.75. The highest BCUT2D eigenvalue weighted by molar-refractivity contribution is 7.98. The standard InChI is InChI=1S/C10H13S/c1-3-10(11-2)9-7-5-4-6-8-9/h4-8,10H,1,3H2,2H3. The van der Waals surface area contributed by atoms with E-state index < -0.39 is 0 Å². The first-order chi connectivity index (χ1) is 5.38.